The molecular weight excluding hydrogens is 276 g/mol. The summed E-state index contributed by atoms with van der Waals surface area (Å²) >= 11 is 1.73. The number of Topliss-reactive ketones (excluding diaryl/α,β-unsaturated/α-hetero) is 1. The lowest BCUT2D eigenvalue weighted by molar-refractivity contribution is 0.0996. The van der Waals surface area contributed by atoms with Crippen LogP contribution in [0.5, 0.6) is 0 Å². The number of thiophene rings is 1. The molecule has 21 heavy (non-hydrogen) atoms. The summed E-state index contributed by atoms with van der Waals surface area (Å²) in [6.45, 7) is 6.34. The normalized spacial score (nSPS) is 14.0. The summed E-state index contributed by atoms with van der Waals surface area (Å²) in [4.78, 5) is 15.0. The van der Waals surface area contributed by atoms with Gasteiger partial charge in [0.25, 0.3) is 0 Å². The summed E-state index contributed by atoms with van der Waals surface area (Å²) < 4.78 is 0. The second-order valence-electron chi connectivity index (χ2n) is 6.24. The molecule has 1 aliphatic carbocycles. The Bertz CT molecular complexity index is 647. The van der Waals surface area contributed by atoms with Gasteiger partial charge >= 0.3 is 0 Å². The maximum Gasteiger partial charge on any atom is 0.177 e. The Balaban J connectivity index is 1.85. The molecule has 0 saturated heterocycles. The smallest absolute Gasteiger partial charge is 0.177 e. The molecule has 0 atom stereocenters. The first-order valence-electron chi connectivity index (χ1n) is 7.76. The molecule has 0 bridgehead atoms. The van der Waals surface area contributed by atoms with Gasteiger partial charge in [0.15, 0.2) is 5.78 Å². The van der Waals surface area contributed by atoms with Gasteiger partial charge in [-0.15, -0.1) is 11.3 Å². The van der Waals surface area contributed by atoms with E-state index in [1.165, 1.54) is 45.5 Å². The molecule has 1 aromatic carbocycles. The fraction of sp³-hybridized carbons (Fsp3) is 0.421. The lowest BCUT2D eigenvalue weighted by atomic mass is 9.95. The predicted octanol–water partition coefficient (Wildman–Crippen LogP) is 4.98. The second-order valence-corrected chi connectivity index (χ2v) is 7.38. The average molecular weight is 298 g/mol. The highest BCUT2D eigenvalue weighted by Gasteiger charge is 2.18. The minimum Gasteiger partial charge on any atom is -0.293 e. The lowest BCUT2D eigenvalue weighted by Crippen LogP contribution is -2.05. The molecule has 1 nitrogen and oxygen atoms in total. The highest BCUT2D eigenvalue weighted by molar-refractivity contribution is 7.14. The zero-order valence-corrected chi connectivity index (χ0v) is 13.9. The van der Waals surface area contributed by atoms with Gasteiger partial charge in [0.1, 0.15) is 0 Å². The van der Waals surface area contributed by atoms with Crippen molar-refractivity contribution >= 4 is 17.1 Å². The van der Waals surface area contributed by atoms with E-state index in [-0.39, 0.29) is 5.78 Å². The van der Waals surface area contributed by atoms with Gasteiger partial charge in [0.2, 0.25) is 0 Å². The van der Waals surface area contributed by atoms with Crippen LogP contribution in [0.3, 0.4) is 0 Å². The van der Waals surface area contributed by atoms with Crippen molar-refractivity contribution in [1.82, 2.24) is 0 Å². The molecule has 1 aromatic heterocycles. The van der Waals surface area contributed by atoms with Crippen LogP contribution < -0.4 is 0 Å². The van der Waals surface area contributed by atoms with E-state index in [2.05, 4.69) is 39.0 Å². The summed E-state index contributed by atoms with van der Waals surface area (Å²) in [5.41, 5.74) is 6.38. The van der Waals surface area contributed by atoms with Crippen LogP contribution >= 0.6 is 11.3 Å². The van der Waals surface area contributed by atoms with Crippen LogP contribution in [-0.4, -0.2) is 5.78 Å². The van der Waals surface area contributed by atoms with Crippen molar-refractivity contribution in [3.63, 3.8) is 0 Å². The van der Waals surface area contributed by atoms with E-state index in [4.69, 9.17) is 0 Å². The molecule has 0 N–H and O–H groups in total. The summed E-state index contributed by atoms with van der Waals surface area (Å²) in [5.74, 6) is 0.282. The molecule has 0 fully saturated rings. The van der Waals surface area contributed by atoms with Crippen molar-refractivity contribution in [2.75, 3.05) is 0 Å². The highest BCUT2D eigenvalue weighted by atomic mass is 32.1. The van der Waals surface area contributed by atoms with E-state index < -0.39 is 0 Å². The second kappa shape index (κ2) is 5.76. The van der Waals surface area contributed by atoms with Gasteiger partial charge in [-0.25, -0.2) is 0 Å². The maximum absolute atomic E-state index is 12.6. The van der Waals surface area contributed by atoms with Crippen LogP contribution in [0.15, 0.2) is 18.2 Å². The third-order valence-electron chi connectivity index (χ3n) is 4.45. The molecule has 0 saturated carbocycles. The number of aryl methyl sites for hydroxylation is 5. The first-order valence-corrected chi connectivity index (χ1v) is 8.58. The van der Waals surface area contributed by atoms with E-state index in [0.29, 0.717) is 6.42 Å². The fourth-order valence-corrected chi connectivity index (χ4v) is 4.56. The van der Waals surface area contributed by atoms with E-state index >= 15 is 0 Å². The van der Waals surface area contributed by atoms with Crippen molar-refractivity contribution < 1.29 is 4.79 Å². The van der Waals surface area contributed by atoms with E-state index in [9.17, 15) is 4.79 Å². The summed E-state index contributed by atoms with van der Waals surface area (Å²) in [7, 11) is 0. The van der Waals surface area contributed by atoms with Crippen LogP contribution in [0.25, 0.3) is 0 Å². The Morgan fingerprint density at radius 3 is 2.38 bits per heavy atom. The van der Waals surface area contributed by atoms with Gasteiger partial charge in [-0.2, -0.15) is 0 Å². The molecule has 0 radical (unpaired) electrons. The number of benzene rings is 1. The number of hydrogen-bond donors (Lipinski definition) is 0. The molecular formula is C19H22OS. The van der Waals surface area contributed by atoms with Crippen LogP contribution in [0.1, 0.15) is 55.2 Å². The van der Waals surface area contributed by atoms with Gasteiger partial charge in [-0.1, -0.05) is 17.7 Å². The lowest BCUT2D eigenvalue weighted by Gasteiger charge is -2.10. The highest BCUT2D eigenvalue weighted by Crippen LogP contribution is 2.30. The molecule has 0 spiro atoms. The van der Waals surface area contributed by atoms with Gasteiger partial charge in [0.05, 0.1) is 4.88 Å². The fourth-order valence-electron chi connectivity index (χ4n) is 3.36. The van der Waals surface area contributed by atoms with Gasteiger partial charge < -0.3 is 0 Å². The number of fused-ring (bicyclic) bond motifs is 1. The van der Waals surface area contributed by atoms with Crippen LogP contribution in [0.2, 0.25) is 0 Å². The van der Waals surface area contributed by atoms with E-state index in [1.807, 2.05) is 0 Å². The van der Waals surface area contributed by atoms with Crippen LogP contribution in [0, 0.1) is 20.8 Å². The Labute approximate surface area is 131 Å². The average Bonchev–Trinajstić information content (AvgIpc) is 2.86. The summed E-state index contributed by atoms with van der Waals surface area (Å²) in [6.07, 6.45) is 5.40. The minimum absolute atomic E-state index is 0.282. The van der Waals surface area contributed by atoms with Crippen molar-refractivity contribution in [3.8, 4) is 0 Å². The summed E-state index contributed by atoms with van der Waals surface area (Å²) in [5, 5.41) is 0. The van der Waals surface area contributed by atoms with Gasteiger partial charge in [-0.05, 0) is 74.8 Å². The minimum atomic E-state index is 0.282. The Morgan fingerprint density at radius 1 is 1.05 bits per heavy atom. The van der Waals surface area contributed by atoms with Crippen molar-refractivity contribution in [1.29, 1.82) is 0 Å². The first-order chi connectivity index (χ1) is 10.0. The van der Waals surface area contributed by atoms with E-state index in [1.54, 1.807) is 11.3 Å². The zero-order chi connectivity index (χ0) is 15.0. The third kappa shape index (κ3) is 2.96. The van der Waals surface area contributed by atoms with Gasteiger partial charge in [0, 0.05) is 11.3 Å². The van der Waals surface area contributed by atoms with E-state index in [0.717, 1.165) is 17.7 Å². The Hall–Kier alpha value is -1.41. The molecule has 2 aromatic rings. The number of rotatable bonds is 3. The Kier molecular flexibility index (Phi) is 3.99. The zero-order valence-electron chi connectivity index (χ0n) is 13.1. The first kappa shape index (κ1) is 14.5. The standard InChI is InChI=1S/C19H22OS/c1-12-8-13(2)16(14(3)9-12)11-17(20)19-10-15-6-4-5-7-18(15)21-19/h8-10H,4-7,11H2,1-3H3. The number of carbonyl (C=O) groups is 1. The molecule has 3 rings (SSSR count). The molecule has 0 aliphatic heterocycles. The number of hydrogen-bond acceptors (Lipinski definition) is 2. The Morgan fingerprint density at radius 2 is 1.71 bits per heavy atom. The molecule has 0 amide bonds. The SMILES string of the molecule is Cc1cc(C)c(CC(=O)c2cc3c(s2)CCCC3)c(C)c1. The van der Waals surface area contributed by atoms with Crippen molar-refractivity contribution in [2.45, 2.75) is 52.9 Å². The monoisotopic (exact) mass is 298 g/mol. The van der Waals surface area contributed by atoms with Gasteiger partial charge in [-0.3, -0.25) is 4.79 Å². The van der Waals surface area contributed by atoms with Crippen LogP contribution in [-0.2, 0) is 19.3 Å². The molecule has 0 unspecified atom stereocenters. The van der Waals surface area contributed by atoms with Crippen molar-refractivity contribution in [3.05, 3.63) is 55.8 Å². The number of ketones is 1. The summed E-state index contributed by atoms with van der Waals surface area (Å²) in [6, 6.07) is 6.50. The topological polar surface area (TPSA) is 17.1 Å². The quantitative estimate of drug-likeness (QED) is 0.731. The molecule has 110 valence electrons. The third-order valence-corrected chi connectivity index (χ3v) is 5.73. The van der Waals surface area contributed by atoms with Crippen molar-refractivity contribution in [2.24, 2.45) is 0 Å². The number of carbonyl (C=O) groups excluding carboxylic acids is 1. The largest absolute Gasteiger partial charge is 0.293 e. The molecule has 1 aliphatic rings. The molecule has 1 heterocycles. The van der Waals surface area contributed by atoms with Crippen LogP contribution in [0.4, 0.5) is 0 Å². The predicted molar refractivity (Wildman–Crippen MR) is 89.6 cm³/mol. The molecule has 2 heteroatoms. The maximum atomic E-state index is 12.6.